The number of rotatable bonds is 3. The SMILES string of the molecule is C[C@H](Nc1ccc2c(c1)OCCCO2)C(=O)N1CCNC1=O. The summed E-state index contributed by atoms with van der Waals surface area (Å²) in [6, 6.07) is 4.63. The molecular formula is C15H19N3O4. The minimum atomic E-state index is -0.506. The summed E-state index contributed by atoms with van der Waals surface area (Å²) >= 11 is 0. The molecule has 22 heavy (non-hydrogen) atoms. The molecule has 2 aliphatic heterocycles. The van der Waals surface area contributed by atoms with E-state index in [0.29, 0.717) is 37.8 Å². The number of carbonyl (C=O) groups is 2. The number of ether oxygens (including phenoxy) is 2. The van der Waals surface area contributed by atoms with Gasteiger partial charge >= 0.3 is 6.03 Å². The number of carbonyl (C=O) groups excluding carboxylic acids is 2. The normalized spacial score (nSPS) is 18.4. The third-order valence-corrected chi connectivity index (χ3v) is 3.62. The minimum absolute atomic E-state index is 0.248. The Kier molecular flexibility index (Phi) is 4.04. The van der Waals surface area contributed by atoms with Crippen LogP contribution in [0.25, 0.3) is 0 Å². The molecule has 2 N–H and O–H groups in total. The van der Waals surface area contributed by atoms with Crippen molar-refractivity contribution in [3.63, 3.8) is 0 Å². The maximum atomic E-state index is 12.3. The first-order valence-electron chi connectivity index (χ1n) is 7.40. The summed E-state index contributed by atoms with van der Waals surface area (Å²) in [5, 5.41) is 5.72. The Morgan fingerprint density at radius 1 is 1.32 bits per heavy atom. The first-order valence-corrected chi connectivity index (χ1v) is 7.40. The molecule has 3 amide bonds. The van der Waals surface area contributed by atoms with Crippen molar-refractivity contribution in [1.29, 1.82) is 0 Å². The molecule has 0 radical (unpaired) electrons. The van der Waals surface area contributed by atoms with Gasteiger partial charge in [0.05, 0.1) is 13.2 Å². The number of urea groups is 1. The van der Waals surface area contributed by atoms with Crippen LogP contribution in [-0.2, 0) is 4.79 Å². The predicted molar refractivity (Wildman–Crippen MR) is 80.2 cm³/mol. The van der Waals surface area contributed by atoms with E-state index in [0.717, 1.165) is 12.1 Å². The molecule has 0 bridgehead atoms. The van der Waals surface area contributed by atoms with Gasteiger partial charge in [0, 0.05) is 31.3 Å². The van der Waals surface area contributed by atoms with Gasteiger partial charge in [-0.05, 0) is 19.1 Å². The molecule has 1 saturated heterocycles. The lowest BCUT2D eigenvalue weighted by molar-refractivity contribution is -0.128. The van der Waals surface area contributed by atoms with Crippen molar-refractivity contribution in [2.45, 2.75) is 19.4 Å². The highest BCUT2D eigenvalue weighted by Gasteiger charge is 2.29. The van der Waals surface area contributed by atoms with Gasteiger partial charge in [-0.15, -0.1) is 0 Å². The first kappa shape index (κ1) is 14.5. The fourth-order valence-electron chi connectivity index (χ4n) is 2.48. The Hall–Kier alpha value is -2.44. The molecule has 0 spiro atoms. The fraction of sp³-hybridized carbons (Fsp3) is 0.467. The molecule has 2 aliphatic rings. The maximum Gasteiger partial charge on any atom is 0.324 e. The molecule has 3 rings (SSSR count). The van der Waals surface area contributed by atoms with Gasteiger partial charge in [-0.3, -0.25) is 9.69 Å². The van der Waals surface area contributed by atoms with Crippen LogP contribution in [0.4, 0.5) is 10.5 Å². The molecule has 0 unspecified atom stereocenters. The van der Waals surface area contributed by atoms with E-state index in [2.05, 4.69) is 10.6 Å². The number of fused-ring (bicyclic) bond motifs is 1. The quantitative estimate of drug-likeness (QED) is 0.877. The number of hydrogen-bond acceptors (Lipinski definition) is 5. The molecule has 7 heteroatoms. The smallest absolute Gasteiger partial charge is 0.324 e. The van der Waals surface area contributed by atoms with Crippen LogP contribution in [0.2, 0.25) is 0 Å². The highest BCUT2D eigenvalue weighted by atomic mass is 16.5. The number of anilines is 1. The van der Waals surface area contributed by atoms with Crippen LogP contribution in [0.1, 0.15) is 13.3 Å². The molecule has 0 aromatic heterocycles. The predicted octanol–water partition coefficient (Wildman–Crippen LogP) is 1.20. The van der Waals surface area contributed by atoms with Crippen molar-refractivity contribution in [2.24, 2.45) is 0 Å². The van der Waals surface area contributed by atoms with Gasteiger partial charge < -0.3 is 20.1 Å². The molecular weight excluding hydrogens is 286 g/mol. The van der Waals surface area contributed by atoms with Crippen molar-refractivity contribution in [3.05, 3.63) is 18.2 Å². The monoisotopic (exact) mass is 305 g/mol. The van der Waals surface area contributed by atoms with Crippen molar-refractivity contribution in [2.75, 3.05) is 31.6 Å². The Morgan fingerprint density at radius 3 is 2.82 bits per heavy atom. The number of imide groups is 1. The van der Waals surface area contributed by atoms with Crippen LogP contribution in [0, 0.1) is 0 Å². The summed E-state index contributed by atoms with van der Waals surface area (Å²) in [7, 11) is 0. The highest BCUT2D eigenvalue weighted by Crippen LogP contribution is 2.32. The van der Waals surface area contributed by atoms with Gasteiger partial charge in [-0.1, -0.05) is 0 Å². The van der Waals surface area contributed by atoms with E-state index in [-0.39, 0.29) is 11.9 Å². The molecule has 1 aromatic rings. The topological polar surface area (TPSA) is 79.9 Å². The second-order valence-corrected chi connectivity index (χ2v) is 5.30. The van der Waals surface area contributed by atoms with Gasteiger partial charge in [0.25, 0.3) is 5.91 Å². The number of nitrogens with one attached hydrogen (secondary N) is 2. The van der Waals surface area contributed by atoms with Gasteiger partial charge in [0.1, 0.15) is 6.04 Å². The molecule has 1 fully saturated rings. The van der Waals surface area contributed by atoms with E-state index in [1.807, 2.05) is 18.2 Å². The molecule has 7 nitrogen and oxygen atoms in total. The van der Waals surface area contributed by atoms with Gasteiger partial charge in [0.15, 0.2) is 11.5 Å². The van der Waals surface area contributed by atoms with E-state index in [4.69, 9.17) is 9.47 Å². The van der Waals surface area contributed by atoms with E-state index in [9.17, 15) is 9.59 Å². The molecule has 0 saturated carbocycles. The van der Waals surface area contributed by atoms with Crippen LogP contribution in [0.3, 0.4) is 0 Å². The van der Waals surface area contributed by atoms with Crippen molar-refractivity contribution < 1.29 is 19.1 Å². The highest BCUT2D eigenvalue weighted by molar-refractivity contribution is 5.99. The Balaban J connectivity index is 1.68. The minimum Gasteiger partial charge on any atom is -0.490 e. The second kappa shape index (κ2) is 6.13. The van der Waals surface area contributed by atoms with E-state index in [1.165, 1.54) is 4.90 Å². The molecule has 2 heterocycles. The zero-order valence-electron chi connectivity index (χ0n) is 12.4. The zero-order chi connectivity index (χ0) is 15.5. The van der Waals surface area contributed by atoms with Gasteiger partial charge in [-0.25, -0.2) is 4.79 Å². The lowest BCUT2D eigenvalue weighted by Crippen LogP contribution is -2.43. The third kappa shape index (κ3) is 2.93. The number of nitrogens with zero attached hydrogens (tertiary/aromatic N) is 1. The average Bonchev–Trinajstić information content (AvgIpc) is 2.80. The van der Waals surface area contributed by atoms with Crippen LogP contribution >= 0.6 is 0 Å². The summed E-state index contributed by atoms with van der Waals surface area (Å²) in [5.41, 5.74) is 0.754. The molecule has 1 aromatic carbocycles. The number of amides is 3. The van der Waals surface area contributed by atoms with Crippen LogP contribution in [-0.4, -0.2) is 49.2 Å². The zero-order valence-corrected chi connectivity index (χ0v) is 12.4. The first-order chi connectivity index (χ1) is 10.6. The van der Waals surface area contributed by atoms with Crippen molar-refractivity contribution in [3.8, 4) is 11.5 Å². The lowest BCUT2D eigenvalue weighted by atomic mass is 10.2. The largest absolute Gasteiger partial charge is 0.490 e. The van der Waals surface area contributed by atoms with Crippen LogP contribution in [0.15, 0.2) is 18.2 Å². The van der Waals surface area contributed by atoms with Crippen LogP contribution in [0.5, 0.6) is 11.5 Å². The van der Waals surface area contributed by atoms with Gasteiger partial charge in [-0.2, -0.15) is 0 Å². The van der Waals surface area contributed by atoms with E-state index in [1.54, 1.807) is 6.92 Å². The summed E-state index contributed by atoms with van der Waals surface area (Å²) in [4.78, 5) is 25.0. The molecule has 1 atom stereocenters. The average molecular weight is 305 g/mol. The number of benzene rings is 1. The molecule has 118 valence electrons. The lowest BCUT2D eigenvalue weighted by Gasteiger charge is -2.20. The number of hydrogen-bond donors (Lipinski definition) is 2. The standard InChI is InChI=1S/C15H19N3O4/c1-10(14(19)18-6-5-16-15(18)20)17-11-3-4-12-13(9-11)22-8-2-7-21-12/h3-4,9-10,17H,2,5-8H2,1H3,(H,16,20)/t10-/m0/s1. The van der Waals surface area contributed by atoms with Crippen LogP contribution < -0.4 is 20.1 Å². The summed E-state index contributed by atoms with van der Waals surface area (Å²) < 4.78 is 11.2. The summed E-state index contributed by atoms with van der Waals surface area (Å²) in [6.07, 6.45) is 0.844. The Bertz CT molecular complexity index is 590. The Labute approximate surface area is 128 Å². The maximum absolute atomic E-state index is 12.3. The van der Waals surface area contributed by atoms with E-state index < -0.39 is 6.04 Å². The fourth-order valence-corrected chi connectivity index (χ4v) is 2.48. The van der Waals surface area contributed by atoms with Gasteiger partial charge in [0.2, 0.25) is 0 Å². The van der Waals surface area contributed by atoms with Crippen molar-refractivity contribution in [1.82, 2.24) is 10.2 Å². The van der Waals surface area contributed by atoms with Crippen molar-refractivity contribution >= 4 is 17.6 Å². The molecule has 0 aliphatic carbocycles. The second-order valence-electron chi connectivity index (χ2n) is 5.30. The summed E-state index contributed by atoms with van der Waals surface area (Å²) in [5.74, 6) is 1.13. The van der Waals surface area contributed by atoms with E-state index >= 15 is 0 Å². The third-order valence-electron chi connectivity index (χ3n) is 3.62. The Morgan fingerprint density at radius 2 is 2.09 bits per heavy atom. The summed E-state index contributed by atoms with van der Waals surface area (Å²) in [6.45, 7) is 3.89.